The predicted molar refractivity (Wildman–Crippen MR) is 65.7 cm³/mol. The quantitative estimate of drug-likeness (QED) is 0.860. The van der Waals surface area contributed by atoms with Crippen molar-refractivity contribution in [2.45, 2.75) is 32.9 Å². The van der Waals surface area contributed by atoms with Crippen molar-refractivity contribution in [3.63, 3.8) is 0 Å². The Balaban J connectivity index is 2.75. The fourth-order valence-electron chi connectivity index (χ4n) is 1.81. The second kappa shape index (κ2) is 6.07. The molecule has 1 aromatic carbocycles. The maximum atomic E-state index is 13.1. The Bertz CT molecular complexity index is 366. The van der Waals surface area contributed by atoms with Gasteiger partial charge in [-0.05, 0) is 38.1 Å². The molecule has 2 N–H and O–H groups in total. The van der Waals surface area contributed by atoms with Gasteiger partial charge in [-0.25, -0.2) is 8.78 Å². The number of rotatable bonds is 5. The van der Waals surface area contributed by atoms with E-state index in [4.69, 9.17) is 5.73 Å². The molecule has 96 valence electrons. The van der Waals surface area contributed by atoms with Crippen LogP contribution in [0.3, 0.4) is 0 Å². The summed E-state index contributed by atoms with van der Waals surface area (Å²) in [6.07, 6.45) is 0. The van der Waals surface area contributed by atoms with Gasteiger partial charge >= 0.3 is 0 Å². The lowest BCUT2D eigenvalue weighted by Gasteiger charge is -2.28. The van der Waals surface area contributed by atoms with E-state index in [9.17, 15) is 8.78 Å². The number of nitrogens with two attached hydrogens (primary N) is 1. The molecular weight excluding hydrogens is 222 g/mol. The third kappa shape index (κ3) is 3.75. The Kier molecular flexibility index (Phi) is 5.02. The molecule has 17 heavy (non-hydrogen) atoms. The molecule has 4 heteroatoms. The van der Waals surface area contributed by atoms with Crippen LogP contribution in [0.25, 0.3) is 0 Å². The maximum absolute atomic E-state index is 13.1. The molecule has 0 bridgehead atoms. The summed E-state index contributed by atoms with van der Waals surface area (Å²) in [4.78, 5) is 2.19. The van der Waals surface area contributed by atoms with Gasteiger partial charge in [0.05, 0.1) is 0 Å². The third-order valence-electron chi connectivity index (χ3n) is 2.94. The van der Waals surface area contributed by atoms with Gasteiger partial charge in [0, 0.05) is 18.6 Å². The fraction of sp³-hybridized carbons (Fsp3) is 0.538. The standard InChI is InChI=1S/C13H20F2N2/c1-4-17(9(2)3)8-13(16)10-5-6-11(14)12(15)7-10/h5-7,9,13H,4,8,16H2,1-3H3. The Morgan fingerprint density at radius 2 is 1.88 bits per heavy atom. The molecule has 0 radical (unpaired) electrons. The molecule has 0 heterocycles. The molecule has 0 fully saturated rings. The van der Waals surface area contributed by atoms with Crippen LogP contribution >= 0.6 is 0 Å². The predicted octanol–water partition coefficient (Wildman–Crippen LogP) is 2.69. The van der Waals surface area contributed by atoms with Gasteiger partial charge < -0.3 is 5.73 Å². The topological polar surface area (TPSA) is 29.3 Å². The number of nitrogens with zero attached hydrogens (tertiary/aromatic N) is 1. The van der Waals surface area contributed by atoms with Crippen molar-refractivity contribution < 1.29 is 8.78 Å². The molecule has 0 amide bonds. The molecular formula is C13H20F2N2. The summed E-state index contributed by atoms with van der Waals surface area (Å²) in [7, 11) is 0. The van der Waals surface area contributed by atoms with Gasteiger partial charge in [-0.3, -0.25) is 4.90 Å². The van der Waals surface area contributed by atoms with Crippen LogP contribution in [0.15, 0.2) is 18.2 Å². The summed E-state index contributed by atoms with van der Waals surface area (Å²) in [6.45, 7) is 7.75. The van der Waals surface area contributed by atoms with Gasteiger partial charge in [0.25, 0.3) is 0 Å². The van der Waals surface area contributed by atoms with Crippen LogP contribution in [0.1, 0.15) is 32.4 Å². The van der Waals surface area contributed by atoms with E-state index < -0.39 is 11.6 Å². The molecule has 1 atom stereocenters. The Labute approximate surface area is 101 Å². The average Bonchev–Trinajstić information content (AvgIpc) is 2.28. The molecule has 0 saturated heterocycles. The van der Waals surface area contributed by atoms with Crippen molar-refractivity contribution in [3.8, 4) is 0 Å². The number of benzene rings is 1. The van der Waals surface area contributed by atoms with Crippen molar-refractivity contribution in [3.05, 3.63) is 35.4 Å². The third-order valence-corrected chi connectivity index (χ3v) is 2.94. The van der Waals surface area contributed by atoms with Crippen LogP contribution in [0.4, 0.5) is 8.78 Å². The Morgan fingerprint density at radius 3 is 2.35 bits per heavy atom. The van der Waals surface area contributed by atoms with Crippen molar-refractivity contribution >= 4 is 0 Å². The first-order chi connectivity index (χ1) is 7.95. The minimum atomic E-state index is -0.842. The lowest BCUT2D eigenvalue weighted by Crippen LogP contribution is -2.37. The lowest BCUT2D eigenvalue weighted by atomic mass is 10.1. The fourth-order valence-corrected chi connectivity index (χ4v) is 1.81. The SMILES string of the molecule is CCN(CC(N)c1ccc(F)c(F)c1)C(C)C. The minimum Gasteiger partial charge on any atom is -0.323 e. The normalized spacial score (nSPS) is 13.4. The van der Waals surface area contributed by atoms with Gasteiger partial charge in [0.2, 0.25) is 0 Å². The zero-order chi connectivity index (χ0) is 13.0. The largest absolute Gasteiger partial charge is 0.323 e. The second-order valence-corrected chi connectivity index (χ2v) is 4.46. The van der Waals surface area contributed by atoms with Gasteiger partial charge in [-0.2, -0.15) is 0 Å². The van der Waals surface area contributed by atoms with Crippen molar-refractivity contribution in [2.75, 3.05) is 13.1 Å². The van der Waals surface area contributed by atoms with Crippen LogP contribution in [0.5, 0.6) is 0 Å². The monoisotopic (exact) mass is 242 g/mol. The molecule has 0 aliphatic carbocycles. The van der Waals surface area contributed by atoms with E-state index in [-0.39, 0.29) is 6.04 Å². The van der Waals surface area contributed by atoms with Crippen LogP contribution in [0, 0.1) is 11.6 Å². The summed E-state index contributed by atoms with van der Waals surface area (Å²) >= 11 is 0. The summed E-state index contributed by atoms with van der Waals surface area (Å²) in [5.74, 6) is -1.68. The molecule has 0 aliphatic heterocycles. The Hall–Kier alpha value is -1.00. The van der Waals surface area contributed by atoms with Crippen molar-refractivity contribution in [2.24, 2.45) is 5.73 Å². The van der Waals surface area contributed by atoms with Crippen molar-refractivity contribution in [1.82, 2.24) is 4.90 Å². The van der Waals surface area contributed by atoms with Crippen LogP contribution in [0.2, 0.25) is 0 Å². The van der Waals surface area contributed by atoms with Crippen LogP contribution in [-0.4, -0.2) is 24.0 Å². The molecule has 1 unspecified atom stereocenters. The zero-order valence-corrected chi connectivity index (χ0v) is 10.6. The van der Waals surface area contributed by atoms with E-state index in [2.05, 4.69) is 25.7 Å². The van der Waals surface area contributed by atoms with E-state index >= 15 is 0 Å². The summed E-state index contributed by atoms with van der Waals surface area (Å²) in [6, 6.07) is 3.92. The first kappa shape index (κ1) is 14.1. The first-order valence-corrected chi connectivity index (χ1v) is 5.90. The molecule has 0 aliphatic rings. The van der Waals surface area contributed by atoms with Gasteiger partial charge in [0.15, 0.2) is 11.6 Å². The molecule has 1 aromatic rings. The van der Waals surface area contributed by atoms with Crippen LogP contribution < -0.4 is 5.73 Å². The highest BCUT2D eigenvalue weighted by molar-refractivity contribution is 5.21. The summed E-state index contributed by atoms with van der Waals surface area (Å²) < 4.78 is 25.9. The van der Waals surface area contributed by atoms with Gasteiger partial charge in [-0.1, -0.05) is 13.0 Å². The Morgan fingerprint density at radius 1 is 1.24 bits per heavy atom. The van der Waals surface area contributed by atoms with Crippen LogP contribution in [-0.2, 0) is 0 Å². The number of halogens is 2. The molecule has 1 rings (SSSR count). The minimum absolute atomic E-state index is 0.299. The molecule has 0 aromatic heterocycles. The number of likely N-dealkylation sites (N-methyl/N-ethyl adjacent to an activating group) is 1. The van der Waals surface area contributed by atoms with E-state index in [1.807, 2.05) is 0 Å². The number of hydrogen-bond donors (Lipinski definition) is 1. The summed E-state index contributed by atoms with van der Waals surface area (Å²) in [5.41, 5.74) is 6.63. The first-order valence-electron chi connectivity index (χ1n) is 5.90. The highest BCUT2D eigenvalue weighted by atomic mass is 19.2. The maximum Gasteiger partial charge on any atom is 0.159 e. The van der Waals surface area contributed by atoms with E-state index in [1.54, 1.807) is 0 Å². The summed E-state index contributed by atoms with van der Waals surface area (Å²) in [5, 5.41) is 0. The zero-order valence-electron chi connectivity index (χ0n) is 10.6. The molecule has 0 spiro atoms. The van der Waals surface area contributed by atoms with E-state index in [0.717, 1.165) is 12.6 Å². The highest BCUT2D eigenvalue weighted by Gasteiger charge is 2.15. The second-order valence-electron chi connectivity index (χ2n) is 4.46. The van der Waals surface area contributed by atoms with Gasteiger partial charge in [-0.15, -0.1) is 0 Å². The smallest absolute Gasteiger partial charge is 0.159 e. The lowest BCUT2D eigenvalue weighted by molar-refractivity contribution is 0.219. The van der Waals surface area contributed by atoms with Gasteiger partial charge in [0.1, 0.15) is 0 Å². The molecule has 0 saturated carbocycles. The van der Waals surface area contributed by atoms with Crippen molar-refractivity contribution in [1.29, 1.82) is 0 Å². The number of hydrogen-bond acceptors (Lipinski definition) is 2. The molecule has 2 nitrogen and oxygen atoms in total. The average molecular weight is 242 g/mol. The highest BCUT2D eigenvalue weighted by Crippen LogP contribution is 2.16. The van der Waals surface area contributed by atoms with E-state index in [0.29, 0.717) is 18.2 Å². The van der Waals surface area contributed by atoms with E-state index in [1.165, 1.54) is 12.1 Å².